The van der Waals surface area contributed by atoms with Gasteiger partial charge < -0.3 is 20.6 Å². The second kappa shape index (κ2) is 6.00. The maximum Gasteiger partial charge on any atom is 0.270 e. The molecule has 0 fully saturated rings. The van der Waals surface area contributed by atoms with E-state index in [4.69, 9.17) is 0 Å². The van der Waals surface area contributed by atoms with Gasteiger partial charge in [0.25, 0.3) is 5.69 Å². The van der Waals surface area contributed by atoms with Crippen molar-refractivity contribution in [2.45, 2.75) is 5.54 Å². The zero-order valence-corrected chi connectivity index (χ0v) is 11.1. The molecular formula is C13H15N3O5. The van der Waals surface area contributed by atoms with E-state index in [1.165, 1.54) is 18.2 Å². The number of hydrogen-bond donors (Lipinski definition) is 4. The molecule has 8 heteroatoms. The fraction of sp³-hybridized carbons (Fsp3) is 0.308. The van der Waals surface area contributed by atoms with Crippen LogP contribution in [0.5, 0.6) is 0 Å². The third-order valence-electron chi connectivity index (χ3n) is 3.18. The number of aliphatic hydroxyl groups excluding tert-OH is 3. The molecule has 0 spiro atoms. The largest absolute Gasteiger partial charge is 0.394 e. The van der Waals surface area contributed by atoms with Crippen molar-refractivity contribution in [1.82, 2.24) is 4.98 Å². The number of pyridine rings is 1. The van der Waals surface area contributed by atoms with E-state index >= 15 is 0 Å². The highest BCUT2D eigenvalue weighted by Crippen LogP contribution is 2.22. The van der Waals surface area contributed by atoms with Crippen molar-refractivity contribution < 1.29 is 20.2 Å². The monoisotopic (exact) mass is 293 g/mol. The van der Waals surface area contributed by atoms with Crippen LogP contribution in [0.25, 0.3) is 10.9 Å². The molecule has 0 bridgehead atoms. The van der Waals surface area contributed by atoms with Crippen LogP contribution in [-0.4, -0.2) is 50.6 Å². The highest BCUT2D eigenvalue weighted by molar-refractivity contribution is 5.82. The molecule has 112 valence electrons. The fourth-order valence-corrected chi connectivity index (χ4v) is 1.84. The summed E-state index contributed by atoms with van der Waals surface area (Å²) in [6.45, 7) is -1.42. The van der Waals surface area contributed by atoms with Gasteiger partial charge in [0.1, 0.15) is 11.4 Å². The van der Waals surface area contributed by atoms with Crippen molar-refractivity contribution in [2.24, 2.45) is 0 Å². The molecule has 0 aliphatic carbocycles. The van der Waals surface area contributed by atoms with E-state index < -0.39 is 30.3 Å². The predicted octanol–water partition coefficient (Wildman–Crippen LogP) is 0.271. The third-order valence-corrected chi connectivity index (χ3v) is 3.18. The number of rotatable bonds is 6. The van der Waals surface area contributed by atoms with E-state index in [0.29, 0.717) is 16.7 Å². The van der Waals surface area contributed by atoms with E-state index in [-0.39, 0.29) is 5.69 Å². The third kappa shape index (κ3) is 3.07. The molecule has 0 aliphatic rings. The summed E-state index contributed by atoms with van der Waals surface area (Å²) in [5, 5.41) is 41.9. The van der Waals surface area contributed by atoms with E-state index in [1.54, 1.807) is 12.1 Å². The number of anilines is 1. The summed E-state index contributed by atoms with van der Waals surface area (Å²) in [5.74, 6) is 0.341. The Labute approximate surface area is 119 Å². The van der Waals surface area contributed by atoms with Crippen LogP contribution in [0.4, 0.5) is 11.5 Å². The van der Waals surface area contributed by atoms with E-state index in [0.717, 1.165) is 0 Å². The molecule has 0 unspecified atom stereocenters. The summed E-state index contributed by atoms with van der Waals surface area (Å²) in [6, 6.07) is 7.45. The van der Waals surface area contributed by atoms with Crippen molar-refractivity contribution in [3.8, 4) is 0 Å². The highest BCUT2D eigenvalue weighted by atomic mass is 16.6. The molecule has 2 aromatic rings. The van der Waals surface area contributed by atoms with Gasteiger partial charge in [-0.1, -0.05) is 0 Å². The minimum Gasteiger partial charge on any atom is -0.394 e. The molecule has 2 rings (SSSR count). The van der Waals surface area contributed by atoms with Gasteiger partial charge in [-0.25, -0.2) is 4.98 Å². The highest BCUT2D eigenvalue weighted by Gasteiger charge is 2.28. The minimum atomic E-state index is -1.28. The summed E-state index contributed by atoms with van der Waals surface area (Å²) < 4.78 is 0. The Bertz CT molecular complexity index is 649. The van der Waals surface area contributed by atoms with E-state index in [2.05, 4.69) is 10.3 Å². The molecular weight excluding hydrogens is 278 g/mol. The molecule has 0 saturated carbocycles. The number of hydrogen-bond acceptors (Lipinski definition) is 7. The van der Waals surface area contributed by atoms with Crippen molar-refractivity contribution >= 4 is 22.4 Å². The molecule has 1 aromatic carbocycles. The quantitative estimate of drug-likeness (QED) is 0.444. The van der Waals surface area contributed by atoms with Gasteiger partial charge in [0, 0.05) is 17.5 Å². The average molecular weight is 293 g/mol. The van der Waals surface area contributed by atoms with Gasteiger partial charge in [-0.05, 0) is 18.2 Å². The Kier molecular flexibility index (Phi) is 4.32. The first-order valence-electron chi connectivity index (χ1n) is 6.19. The SMILES string of the molecule is O=[N+]([O-])c1ccc2nc(NC(CO)(CO)CO)ccc2c1. The molecule has 0 atom stereocenters. The van der Waals surface area contributed by atoms with Crippen LogP contribution in [0, 0.1) is 10.1 Å². The number of nitrogens with one attached hydrogen (secondary N) is 1. The standard InChI is InChI=1S/C13H15N3O5/c17-6-13(7-18,8-19)15-12-4-1-9-5-10(16(20)21)2-3-11(9)14-12/h1-5,17-19H,6-8H2,(H,14,15). The van der Waals surface area contributed by atoms with Crippen LogP contribution in [0.1, 0.15) is 0 Å². The molecule has 21 heavy (non-hydrogen) atoms. The Hall–Kier alpha value is -2.29. The molecule has 1 aromatic heterocycles. The number of non-ortho nitro benzene ring substituents is 1. The van der Waals surface area contributed by atoms with Gasteiger partial charge in [0.15, 0.2) is 0 Å². The average Bonchev–Trinajstić information content (AvgIpc) is 2.52. The summed E-state index contributed by atoms with van der Waals surface area (Å²) in [7, 11) is 0. The topological polar surface area (TPSA) is 129 Å². The zero-order valence-electron chi connectivity index (χ0n) is 11.1. The molecule has 1 heterocycles. The molecule has 0 aliphatic heterocycles. The van der Waals surface area contributed by atoms with Gasteiger partial charge in [0.05, 0.1) is 30.3 Å². The first-order chi connectivity index (χ1) is 10.0. The number of nitro groups is 1. The fourth-order valence-electron chi connectivity index (χ4n) is 1.84. The Morgan fingerprint density at radius 2 is 1.81 bits per heavy atom. The Balaban J connectivity index is 2.35. The van der Waals surface area contributed by atoms with E-state index in [9.17, 15) is 25.4 Å². The minimum absolute atomic E-state index is 0.0274. The number of aliphatic hydroxyl groups is 3. The number of nitro benzene ring substituents is 1. The van der Waals surface area contributed by atoms with Gasteiger partial charge in [0.2, 0.25) is 0 Å². The zero-order chi connectivity index (χ0) is 15.5. The van der Waals surface area contributed by atoms with Gasteiger partial charge in [-0.3, -0.25) is 10.1 Å². The second-order valence-electron chi connectivity index (χ2n) is 4.71. The van der Waals surface area contributed by atoms with Crippen LogP contribution < -0.4 is 5.32 Å². The normalized spacial score (nSPS) is 11.6. The van der Waals surface area contributed by atoms with Crippen LogP contribution in [0.15, 0.2) is 30.3 Å². The number of fused-ring (bicyclic) bond motifs is 1. The summed E-state index contributed by atoms with van der Waals surface area (Å²) in [5.41, 5.74) is -0.782. The van der Waals surface area contributed by atoms with Crippen molar-refractivity contribution in [2.75, 3.05) is 25.1 Å². The van der Waals surface area contributed by atoms with Crippen LogP contribution >= 0.6 is 0 Å². The summed E-state index contributed by atoms with van der Waals surface area (Å²) in [4.78, 5) is 14.5. The van der Waals surface area contributed by atoms with Gasteiger partial charge in [-0.15, -0.1) is 0 Å². The lowest BCUT2D eigenvalue weighted by Gasteiger charge is -2.29. The lowest BCUT2D eigenvalue weighted by atomic mass is 10.0. The maximum atomic E-state index is 10.7. The van der Waals surface area contributed by atoms with Crippen molar-refractivity contribution in [3.63, 3.8) is 0 Å². The lowest BCUT2D eigenvalue weighted by Crippen LogP contribution is -2.49. The molecule has 8 nitrogen and oxygen atoms in total. The summed E-state index contributed by atoms with van der Waals surface area (Å²) >= 11 is 0. The Morgan fingerprint density at radius 3 is 2.38 bits per heavy atom. The van der Waals surface area contributed by atoms with Crippen LogP contribution in [0.2, 0.25) is 0 Å². The summed E-state index contributed by atoms with van der Waals surface area (Å²) in [6.07, 6.45) is 0. The molecule has 0 saturated heterocycles. The van der Waals surface area contributed by atoms with E-state index in [1.807, 2.05) is 0 Å². The second-order valence-corrected chi connectivity index (χ2v) is 4.71. The first kappa shape index (κ1) is 15.1. The maximum absolute atomic E-state index is 10.7. The van der Waals surface area contributed by atoms with Crippen molar-refractivity contribution in [3.05, 3.63) is 40.4 Å². The first-order valence-corrected chi connectivity index (χ1v) is 6.19. The molecule has 0 radical (unpaired) electrons. The van der Waals surface area contributed by atoms with Crippen molar-refractivity contribution in [1.29, 1.82) is 0 Å². The predicted molar refractivity (Wildman–Crippen MR) is 76.0 cm³/mol. The smallest absolute Gasteiger partial charge is 0.270 e. The Morgan fingerprint density at radius 1 is 1.14 bits per heavy atom. The number of aromatic nitrogens is 1. The molecule has 4 N–H and O–H groups in total. The van der Waals surface area contributed by atoms with Gasteiger partial charge >= 0.3 is 0 Å². The lowest BCUT2D eigenvalue weighted by molar-refractivity contribution is -0.384. The van der Waals surface area contributed by atoms with Crippen LogP contribution in [0.3, 0.4) is 0 Å². The molecule has 0 amide bonds. The number of benzene rings is 1. The van der Waals surface area contributed by atoms with Crippen LogP contribution in [-0.2, 0) is 0 Å². The number of nitrogens with zero attached hydrogens (tertiary/aromatic N) is 2. The van der Waals surface area contributed by atoms with Gasteiger partial charge in [-0.2, -0.15) is 0 Å².